The minimum atomic E-state index is -0.302. The van der Waals surface area contributed by atoms with E-state index in [1.54, 1.807) is 0 Å². The Bertz CT molecular complexity index is 394. The number of nitrogens with one attached hydrogen (secondary N) is 1. The fourth-order valence-electron chi connectivity index (χ4n) is 1.47. The first-order valence-electron chi connectivity index (χ1n) is 5.17. The highest BCUT2D eigenvalue weighted by molar-refractivity contribution is 6.33. The Balaban J connectivity index is 1.90. The van der Waals surface area contributed by atoms with Crippen molar-refractivity contribution in [2.45, 2.75) is 18.9 Å². The molecule has 1 saturated carbocycles. The molecule has 1 heterocycles. The van der Waals surface area contributed by atoms with E-state index in [1.165, 1.54) is 12.5 Å². The number of carbonyl (C=O) groups is 1. The zero-order valence-corrected chi connectivity index (χ0v) is 9.44. The molecule has 2 rings (SSSR count). The van der Waals surface area contributed by atoms with Gasteiger partial charge in [0.2, 0.25) is 0 Å². The highest BCUT2D eigenvalue weighted by Crippen LogP contribution is 2.31. The van der Waals surface area contributed by atoms with Crippen LogP contribution >= 0.6 is 11.6 Å². The lowest BCUT2D eigenvalue weighted by Crippen LogP contribution is -2.38. The van der Waals surface area contributed by atoms with Gasteiger partial charge in [-0.3, -0.25) is 4.79 Å². The number of hydrogen-bond acceptors (Lipinski definition) is 4. The van der Waals surface area contributed by atoms with Gasteiger partial charge in [0.05, 0.1) is 5.02 Å². The molecule has 86 valence electrons. The SMILES string of the molecule is NC(CNC(=O)c1ncncc1Cl)C1CC1. The van der Waals surface area contributed by atoms with E-state index in [1.807, 2.05) is 0 Å². The second kappa shape index (κ2) is 4.76. The molecule has 0 saturated heterocycles. The van der Waals surface area contributed by atoms with E-state index in [0.29, 0.717) is 12.5 Å². The Morgan fingerprint density at radius 2 is 2.44 bits per heavy atom. The van der Waals surface area contributed by atoms with E-state index in [9.17, 15) is 4.79 Å². The van der Waals surface area contributed by atoms with E-state index in [2.05, 4.69) is 15.3 Å². The summed E-state index contributed by atoms with van der Waals surface area (Å²) >= 11 is 5.79. The molecule has 0 aliphatic heterocycles. The third-order valence-electron chi connectivity index (χ3n) is 2.61. The minimum absolute atomic E-state index is 0.0320. The van der Waals surface area contributed by atoms with Crippen molar-refractivity contribution >= 4 is 17.5 Å². The molecule has 0 spiro atoms. The molecule has 5 nitrogen and oxygen atoms in total. The summed E-state index contributed by atoms with van der Waals surface area (Å²) < 4.78 is 0. The summed E-state index contributed by atoms with van der Waals surface area (Å²) in [7, 11) is 0. The fraction of sp³-hybridized carbons (Fsp3) is 0.500. The number of amides is 1. The topological polar surface area (TPSA) is 80.9 Å². The van der Waals surface area contributed by atoms with Crippen molar-refractivity contribution in [3.63, 3.8) is 0 Å². The third kappa shape index (κ3) is 2.68. The van der Waals surface area contributed by atoms with Crippen LogP contribution < -0.4 is 11.1 Å². The van der Waals surface area contributed by atoms with Crippen LogP contribution in [-0.4, -0.2) is 28.5 Å². The van der Waals surface area contributed by atoms with Crippen LogP contribution in [0.1, 0.15) is 23.3 Å². The Kier molecular flexibility index (Phi) is 3.36. The number of hydrogen-bond donors (Lipinski definition) is 2. The highest BCUT2D eigenvalue weighted by Gasteiger charge is 2.28. The Morgan fingerprint density at radius 1 is 1.69 bits per heavy atom. The van der Waals surface area contributed by atoms with Gasteiger partial charge in [-0.05, 0) is 18.8 Å². The second-order valence-corrected chi connectivity index (χ2v) is 4.34. The van der Waals surface area contributed by atoms with Crippen LogP contribution in [0.5, 0.6) is 0 Å². The Labute approximate surface area is 98.4 Å². The van der Waals surface area contributed by atoms with Gasteiger partial charge in [-0.2, -0.15) is 0 Å². The maximum atomic E-state index is 11.7. The van der Waals surface area contributed by atoms with Crippen LogP contribution in [0.15, 0.2) is 12.5 Å². The maximum Gasteiger partial charge on any atom is 0.271 e. The van der Waals surface area contributed by atoms with Crippen molar-refractivity contribution in [2.75, 3.05) is 6.54 Å². The fourth-order valence-corrected chi connectivity index (χ4v) is 1.66. The van der Waals surface area contributed by atoms with Gasteiger partial charge in [-0.25, -0.2) is 9.97 Å². The highest BCUT2D eigenvalue weighted by atomic mass is 35.5. The molecule has 3 N–H and O–H groups in total. The normalized spacial score (nSPS) is 16.9. The second-order valence-electron chi connectivity index (χ2n) is 3.93. The quantitative estimate of drug-likeness (QED) is 0.808. The zero-order chi connectivity index (χ0) is 11.5. The lowest BCUT2D eigenvalue weighted by atomic mass is 10.2. The zero-order valence-electron chi connectivity index (χ0n) is 8.69. The first kappa shape index (κ1) is 11.3. The number of rotatable bonds is 4. The number of nitrogens with two attached hydrogens (primary N) is 1. The van der Waals surface area contributed by atoms with E-state index >= 15 is 0 Å². The van der Waals surface area contributed by atoms with Crippen LogP contribution in [0.4, 0.5) is 0 Å². The van der Waals surface area contributed by atoms with Gasteiger partial charge in [-0.15, -0.1) is 0 Å². The summed E-state index contributed by atoms with van der Waals surface area (Å²) in [5.74, 6) is 0.254. The molecule has 1 amide bonds. The summed E-state index contributed by atoms with van der Waals surface area (Å²) in [5.41, 5.74) is 6.06. The predicted octanol–water partition coefficient (Wildman–Crippen LogP) is 0.597. The van der Waals surface area contributed by atoms with Gasteiger partial charge < -0.3 is 11.1 Å². The van der Waals surface area contributed by atoms with Gasteiger partial charge in [0.1, 0.15) is 12.0 Å². The monoisotopic (exact) mass is 240 g/mol. The smallest absolute Gasteiger partial charge is 0.271 e. The summed E-state index contributed by atoms with van der Waals surface area (Å²) in [6.45, 7) is 0.462. The van der Waals surface area contributed by atoms with Crippen molar-refractivity contribution in [1.82, 2.24) is 15.3 Å². The minimum Gasteiger partial charge on any atom is -0.349 e. The number of aromatic nitrogens is 2. The van der Waals surface area contributed by atoms with Crippen molar-refractivity contribution in [2.24, 2.45) is 11.7 Å². The summed E-state index contributed by atoms with van der Waals surface area (Å²) in [6.07, 6.45) is 5.00. The first-order valence-corrected chi connectivity index (χ1v) is 5.55. The van der Waals surface area contributed by atoms with Crippen LogP contribution in [0.2, 0.25) is 5.02 Å². The molecule has 1 aliphatic carbocycles. The van der Waals surface area contributed by atoms with Gasteiger partial charge in [0.15, 0.2) is 0 Å². The van der Waals surface area contributed by atoms with Crippen molar-refractivity contribution in [3.8, 4) is 0 Å². The Hall–Kier alpha value is -1.20. The molecular formula is C10H13ClN4O. The van der Waals surface area contributed by atoms with Crippen LogP contribution in [-0.2, 0) is 0 Å². The van der Waals surface area contributed by atoms with Crippen molar-refractivity contribution in [1.29, 1.82) is 0 Å². The van der Waals surface area contributed by atoms with Gasteiger partial charge in [-0.1, -0.05) is 11.6 Å². The summed E-state index contributed by atoms with van der Waals surface area (Å²) in [5, 5.41) is 2.97. The Morgan fingerprint density at radius 3 is 3.06 bits per heavy atom. The molecule has 6 heteroatoms. The van der Waals surface area contributed by atoms with Crippen molar-refractivity contribution < 1.29 is 4.79 Å². The molecule has 1 aromatic rings. The average Bonchev–Trinajstić information content (AvgIpc) is 3.10. The molecule has 1 aromatic heterocycles. The molecule has 16 heavy (non-hydrogen) atoms. The third-order valence-corrected chi connectivity index (χ3v) is 2.89. The molecule has 0 aromatic carbocycles. The van der Waals surface area contributed by atoms with Gasteiger partial charge >= 0.3 is 0 Å². The predicted molar refractivity (Wildman–Crippen MR) is 60.1 cm³/mol. The van der Waals surface area contributed by atoms with E-state index in [-0.39, 0.29) is 22.7 Å². The molecule has 1 unspecified atom stereocenters. The molecule has 1 fully saturated rings. The number of carbonyl (C=O) groups excluding carboxylic acids is 1. The number of halogens is 1. The number of nitrogens with zero attached hydrogens (tertiary/aromatic N) is 2. The summed E-state index contributed by atoms with van der Waals surface area (Å²) in [4.78, 5) is 19.2. The van der Waals surface area contributed by atoms with E-state index in [4.69, 9.17) is 17.3 Å². The van der Waals surface area contributed by atoms with Crippen LogP contribution in [0, 0.1) is 5.92 Å². The molecular weight excluding hydrogens is 228 g/mol. The largest absolute Gasteiger partial charge is 0.349 e. The standard InChI is InChI=1S/C10H13ClN4O/c11-7-3-13-5-15-9(7)10(16)14-4-8(12)6-1-2-6/h3,5-6,8H,1-2,4,12H2,(H,14,16). The van der Waals surface area contributed by atoms with E-state index < -0.39 is 0 Å². The lowest BCUT2D eigenvalue weighted by molar-refractivity contribution is 0.0945. The molecule has 1 aliphatic rings. The molecule has 1 atom stereocenters. The molecule has 0 bridgehead atoms. The molecule has 0 radical (unpaired) electrons. The lowest BCUT2D eigenvalue weighted by Gasteiger charge is -2.11. The first-order chi connectivity index (χ1) is 7.68. The van der Waals surface area contributed by atoms with Crippen molar-refractivity contribution in [3.05, 3.63) is 23.2 Å². The maximum absolute atomic E-state index is 11.7. The van der Waals surface area contributed by atoms with Crippen LogP contribution in [0.3, 0.4) is 0 Å². The van der Waals surface area contributed by atoms with Gasteiger partial charge in [0.25, 0.3) is 5.91 Å². The van der Waals surface area contributed by atoms with Gasteiger partial charge in [0, 0.05) is 18.8 Å². The van der Waals surface area contributed by atoms with E-state index in [0.717, 1.165) is 12.8 Å². The average molecular weight is 241 g/mol. The summed E-state index contributed by atoms with van der Waals surface area (Å²) in [6, 6.07) is 0.0320. The van der Waals surface area contributed by atoms with Crippen LogP contribution in [0.25, 0.3) is 0 Å².